The van der Waals surface area contributed by atoms with E-state index in [1.165, 1.54) is 38.6 Å². The molecule has 1 aliphatic heterocycles. The Bertz CT molecular complexity index is 220. The summed E-state index contributed by atoms with van der Waals surface area (Å²) >= 11 is 0. The van der Waals surface area contributed by atoms with Crippen LogP contribution in [0.15, 0.2) is 0 Å². The first kappa shape index (κ1) is 11.9. The van der Waals surface area contributed by atoms with Crippen molar-refractivity contribution in [1.29, 1.82) is 0 Å². The van der Waals surface area contributed by atoms with Gasteiger partial charge in [-0.3, -0.25) is 0 Å². The van der Waals surface area contributed by atoms with E-state index in [0.717, 1.165) is 44.1 Å². The smallest absolute Gasteiger partial charge is 0.0620 e. The van der Waals surface area contributed by atoms with Gasteiger partial charge < -0.3 is 15.4 Å². The number of ether oxygens (including phenoxy) is 1. The van der Waals surface area contributed by atoms with Crippen molar-refractivity contribution in [3.8, 4) is 0 Å². The van der Waals surface area contributed by atoms with Gasteiger partial charge in [0.2, 0.25) is 0 Å². The maximum Gasteiger partial charge on any atom is 0.0620 e. The van der Waals surface area contributed by atoms with Crippen molar-refractivity contribution in [3.05, 3.63) is 0 Å². The van der Waals surface area contributed by atoms with Gasteiger partial charge in [0.15, 0.2) is 0 Å². The van der Waals surface area contributed by atoms with Crippen LogP contribution in [0.4, 0.5) is 0 Å². The van der Waals surface area contributed by atoms with Crippen LogP contribution in [0.25, 0.3) is 0 Å². The predicted molar refractivity (Wildman–Crippen MR) is 69.0 cm³/mol. The normalized spacial score (nSPS) is 29.8. The van der Waals surface area contributed by atoms with E-state index in [1.54, 1.807) is 0 Å². The summed E-state index contributed by atoms with van der Waals surface area (Å²) in [7, 11) is 0. The third-order valence-corrected chi connectivity index (χ3v) is 4.50. The van der Waals surface area contributed by atoms with E-state index >= 15 is 0 Å². The predicted octanol–water partition coefficient (Wildman–Crippen LogP) is 1.39. The number of hydrogen-bond acceptors (Lipinski definition) is 3. The van der Waals surface area contributed by atoms with Gasteiger partial charge in [-0.15, -0.1) is 0 Å². The molecule has 2 N–H and O–H groups in total. The molecule has 2 saturated carbocycles. The Balaban J connectivity index is 1.28. The average molecular weight is 238 g/mol. The van der Waals surface area contributed by atoms with Crippen molar-refractivity contribution in [2.45, 2.75) is 38.1 Å². The second-order valence-corrected chi connectivity index (χ2v) is 6.06. The van der Waals surface area contributed by atoms with Gasteiger partial charge in [-0.2, -0.15) is 0 Å². The summed E-state index contributed by atoms with van der Waals surface area (Å²) in [6.45, 7) is 5.23. The van der Waals surface area contributed by atoms with Gasteiger partial charge in [-0.05, 0) is 62.9 Å². The lowest BCUT2D eigenvalue weighted by Gasteiger charge is -2.24. The Morgan fingerprint density at radius 2 is 1.94 bits per heavy atom. The fraction of sp³-hybridized carbons (Fsp3) is 1.00. The third-order valence-electron chi connectivity index (χ3n) is 4.50. The molecule has 0 aromatic rings. The molecule has 0 spiro atoms. The molecule has 0 aromatic heterocycles. The average Bonchev–Trinajstić information content (AvgIpc) is 3.24. The van der Waals surface area contributed by atoms with Crippen molar-refractivity contribution < 1.29 is 4.74 Å². The minimum atomic E-state index is 0.580. The van der Waals surface area contributed by atoms with E-state index in [0.29, 0.717) is 6.04 Å². The number of hydrogen-bond donors (Lipinski definition) is 2. The summed E-state index contributed by atoms with van der Waals surface area (Å²) in [5.41, 5.74) is 0. The molecule has 1 saturated heterocycles. The van der Waals surface area contributed by atoms with Gasteiger partial charge >= 0.3 is 0 Å². The molecule has 2 aliphatic carbocycles. The molecule has 0 bridgehead atoms. The van der Waals surface area contributed by atoms with Gasteiger partial charge in [-0.1, -0.05) is 0 Å². The maximum atomic E-state index is 5.47. The molecule has 98 valence electrons. The van der Waals surface area contributed by atoms with Crippen molar-refractivity contribution in [3.63, 3.8) is 0 Å². The topological polar surface area (TPSA) is 33.3 Å². The summed E-state index contributed by atoms with van der Waals surface area (Å²) in [4.78, 5) is 0. The second kappa shape index (κ2) is 5.68. The molecule has 17 heavy (non-hydrogen) atoms. The Morgan fingerprint density at radius 3 is 2.53 bits per heavy atom. The Morgan fingerprint density at radius 1 is 1.18 bits per heavy atom. The van der Waals surface area contributed by atoms with Gasteiger partial charge in [0, 0.05) is 12.6 Å². The Labute approximate surface area is 105 Å². The molecule has 1 atom stereocenters. The standard InChI is InChI=1S/C14H26N2O/c1-2-11(1)14(12-3-4-12)9-15-6-5-13-10-17-8-7-16-13/h11-16H,1-10H2. The molecule has 1 heterocycles. The highest BCUT2D eigenvalue weighted by atomic mass is 16.5. The van der Waals surface area contributed by atoms with Gasteiger partial charge in [0.25, 0.3) is 0 Å². The molecule has 3 fully saturated rings. The van der Waals surface area contributed by atoms with Crippen LogP contribution >= 0.6 is 0 Å². The largest absolute Gasteiger partial charge is 0.379 e. The van der Waals surface area contributed by atoms with Crippen LogP contribution in [-0.2, 0) is 4.74 Å². The fourth-order valence-electron chi connectivity index (χ4n) is 3.12. The molecule has 0 radical (unpaired) electrons. The minimum absolute atomic E-state index is 0.580. The van der Waals surface area contributed by atoms with Crippen LogP contribution in [0, 0.1) is 17.8 Å². The quantitative estimate of drug-likeness (QED) is 0.658. The first-order chi connectivity index (χ1) is 8.43. The lowest BCUT2D eigenvalue weighted by atomic mass is 9.98. The molecular weight excluding hydrogens is 212 g/mol. The second-order valence-electron chi connectivity index (χ2n) is 6.06. The van der Waals surface area contributed by atoms with E-state index in [-0.39, 0.29) is 0 Å². The van der Waals surface area contributed by atoms with Crippen LogP contribution < -0.4 is 10.6 Å². The van der Waals surface area contributed by atoms with Gasteiger partial charge in [0.1, 0.15) is 0 Å². The van der Waals surface area contributed by atoms with Crippen LogP contribution in [-0.4, -0.2) is 38.9 Å². The molecule has 3 nitrogen and oxygen atoms in total. The van der Waals surface area contributed by atoms with Crippen molar-refractivity contribution in [2.24, 2.45) is 17.8 Å². The van der Waals surface area contributed by atoms with E-state index in [4.69, 9.17) is 4.74 Å². The third kappa shape index (κ3) is 3.67. The highest BCUT2D eigenvalue weighted by Gasteiger charge is 2.40. The number of nitrogens with one attached hydrogen (secondary N) is 2. The molecule has 0 amide bonds. The molecule has 3 rings (SSSR count). The highest BCUT2D eigenvalue weighted by Crippen LogP contribution is 2.48. The summed E-state index contributed by atoms with van der Waals surface area (Å²) in [5.74, 6) is 3.16. The van der Waals surface area contributed by atoms with Crippen molar-refractivity contribution in [2.75, 3.05) is 32.8 Å². The fourth-order valence-corrected chi connectivity index (χ4v) is 3.12. The molecule has 1 unspecified atom stereocenters. The summed E-state index contributed by atoms with van der Waals surface area (Å²) in [6.07, 6.45) is 7.21. The van der Waals surface area contributed by atoms with E-state index in [9.17, 15) is 0 Å². The zero-order valence-electron chi connectivity index (χ0n) is 10.8. The van der Waals surface area contributed by atoms with E-state index in [2.05, 4.69) is 10.6 Å². The van der Waals surface area contributed by atoms with Gasteiger partial charge in [-0.25, -0.2) is 0 Å². The Hall–Kier alpha value is -0.120. The molecule has 0 aromatic carbocycles. The lowest BCUT2D eigenvalue weighted by molar-refractivity contribution is 0.0741. The lowest BCUT2D eigenvalue weighted by Crippen LogP contribution is -2.43. The molecule has 3 heteroatoms. The first-order valence-electron chi connectivity index (χ1n) is 7.45. The minimum Gasteiger partial charge on any atom is -0.379 e. The Kier molecular flexibility index (Phi) is 3.99. The van der Waals surface area contributed by atoms with Crippen molar-refractivity contribution in [1.82, 2.24) is 10.6 Å². The summed E-state index contributed by atoms with van der Waals surface area (Å²) < 4.78 is 5.47. The number of morpholine rings is 1. The highest BCUT2D eigenvalue weighted by molar-refractivity contribution is 4.92. The van der Waals surface area contributed by atoms with Crippen molar-refractivity contribution >= 4 is 0 Å². The summed E-state index contributed by atoms with van der Waals surface area (Å²) in [6, 6.07) is 0.580. The SMILES string of the molecule is C(CC1COCCN1)NCC(C1CC1)C1CC1. The van der Waals surface area contributed by atoms with Crippen LogP contribution in [0.5, 0.6) is 0 Å². The zero-order chi connectivity index (χ0) is 11.5. The number of rotatable bonds is 7. The van der Waals surface area contributed by atoms with E-state index < -0.39 is 0 Å². The maximum absolute atomic E-state index is 5.47. The molecular formula is C14H26N2O. The summed E-state index contributed by atoms with van der Waals surface area (Å²) in [5, 5.41) is 7.19. The van der Waals surface area contributed by atoms with E-state index in [1.807, 2.05) is 0 Å². The van der Waals surface area contributed by atoms with Crippen LogP contribution in [0.2, 0.25) is 0 Å². The monoisotopic (exact) mass is 238 g/mol. The molecule has 3 aliphatic rings. The van der Waals surface area contributed by atoms with Crippen LogP contribution in [0.1, 0.15) is 32.1 Å². The first-order valence-corrected chi connectivity index (χ1v) is 7.45. The zero-order valence-corrected chi connectivity index (χ0v) is 10.8. The van der Waals surface area contributed by atoms with Gasteiger partial charge in [0.05, 0.1) is 13.2 Å². The van der Waals surface area contributed by atoms with Crippen LogP contribution in [0.3, 0.4) is 0 Å².